The van der Waals surface area contributed by atoms with Gasteiger partial charge in [-0.15, -0.1) is 0 Å². The van der Waals surface area contributed by atoms with Gasteiger partial charge in [-0.2, -0.15) is 5.26 Å². The third kappa shape index (κ3) is 5.01. The van der Waals surface area contributed by atoms with Gasteiger partial charge in [-0.05, 0) is 50.6 Å². The third-order valence-electron chi connectivity index (χ3n) is 5.51. The molecular weight excluding hydrogens is 422 g/mol. The number of amides is 1. The fraction of sp³-hybridized carbons (Fsp3) is 0.435. The first-order valence-corrected chi connectivity index (χ1v) is 11.4. The second-order valence-corrected chi connectivity index (χ2v) is 8.92. The highest BCUT2D eigenvalue weighted by Crippen LogP contribution is 2.42. The number of hydrogen-bond donors (Lipinski definition) is 1. The minimum atomic E-state index is -0.790. The lowest BCUT2D eigenvalue weighted by molar-refractivity contribution is -0.117. The second-order valence-electron chi connectivity index (χ2n) is 7.82. The molecule has 0 spiro atoms. The van der Waals surface area contributed by atoms with Gasteiger partial charge in [0.25, 0.3) is 0 Å². The van der Waals surface area contributed by atoms with Crippen molar-refractivity contribution in [3.63, 3.8) is 0 Å². The van der Waals surface area contributed by atoms with Crippen molar-refractivity contribution in [2.24, 2.45) is 5.73 Å². The van der Waals surface area contributed by atoms with Crippen molar-refractivity contribution in [2.45, 2.75) is 37.0 Å². The first kappa shape index (κ1) is 23.5. The zero-order valence-electron chi connectivity index (χ0n) is 18.6. The van der Waals surface area contributed by atoms with E-state index < -0.39 is 11.2 Å². The molecule has 0 bridgehead atoms. The van der Waals surface area contributed by atoms with Crippen molar-refractivity contribution >= 4 is 29.2 Å². The number of anilines is 1. The smallest absolute Gasteiger partial charge is 0.237 e. The number of carbonyl (C=O) groups is 1. The summed E-state index contributed by atoms with van der Waals surface area (Å²) in [7, 11) is 2.08. The maximum absolute atomic E-state index is 12.3. The van der Waals surface area contributed by atoms with Crippen molar-refractivity contribution in [3.8, 4) is 6.07 Å². The van der Waals surface area contributed by atoms with Gasteiger partial charge in [-0.25, -0.2) is 9.83 Å². The van der Waals surface area contributed by atoms with E-state index in [0.717, 1.165) is 49.9 Å². The number of hydrogen-bond acceptors (Lipinski definition) is 7. The lowest BCUT2D eigenvalue weighted by Crippen LogP contribution is -2.30. The fourth-order valence-electron chi connectivity index (χ4n) is 3.74. The molecular formula is C23H27N7OS. The number of rotatable bonds is 6. The largest absolute Gasteiger partial charge is 0.368 e. The standard InChI is InChI=1S/C23H27N7OS/c1-5-16-17(13-24)23(32-20(21(25)31)18-8-7-15(2)14-27-18)28-22(19(16)26-3)30-10-6-9-29(4)11-12-30/h7-8,14,20H,5-6,9-12H2,1-2,4H3,(H2,25,31). The number of likely N-dealkylation sites (N-methyl/N-ethyl adjacent to an activating group) is 1. The summed E-state index contributed by atoms with van der Waals surface area (Å²) in [6.45, 7) is 15.0. The minimum Gasteiger partial charge on any atom is -0.368 e. The van der Waals surface area contributed by atoms with E-state index >= 15 is 0 Å². The fourth-order valence-corrected chi connectivity index (χ4v) is 4.76. The molecule has 9 heteroatoms. The van der Waals surface area contributed by atoms with E-state index in [9.17, 15) is 10.1 Å². The van der Waals surface area contributed by atoms with Gasteiger partial charge >= 0.3 is 0 Å². The number of primary amides is 1. The highest BCUT2D eigenvalue weighted by atomic mass is 32.2. The van der Waals surface area contributed by atoms with Crippen LogP contribution in [0, 0.1) is 24.8 Å². The van der Waals surface area contributed by atoms with E-state index in [1.165, 1.54) is 0 Å². The third-order valence-corrected chi connectivity index (χ3v) is 6.74. The lowest BCUT2D eigenvalue weighted by atomic mass is 10.1. The van der Waals surface area contributed by atoms with Crippen molar-refractivity contribution in [3.05, 3.63) is 52.1 Å². The molecule has 32 heavy (non-hydrogen) atoms. The van der Waals surface area contributed by atoms with Crippen LogP contribution >= 0.6 is 11.8 Å². The quantitative estimate of drug-likeness (QED) is 0.533. The molecule has 0 saturated carbocycles. The molecule has 1 aliphatic heterocycles. The second kappa shape index (κ2) is 10.4. The van der Waals surface area contributed by atoms with Gasteiger partial charge in [0.15, 0.2) is 0 Å². The number of pyridine rings is 2. The molecule has 3 rings (SSSR count). The number of nitriles is 1. The van der Waals surface area contributed by atoms with E-state index in [0.29, 0.717) is 39.8 Å². The predicted octanol–water partition coefficient (Wildman–Crippen LogP) is 3.23. The Hall–Kier alpha value is -3.14. The van der Waals surface area contributed by atoms with Crippen LogP contribution in [0.2, 0.25) is 0 Å². The van der Waals surface area contributed by atoms with Crippen molar-refractivity contribution in [1.29, 1.82) is 5.26 Å². The number of aromatic nitrogens is 2. The Bertz CT molecular complexity index is 1070. The SMILES string of the molecule is [C-]#[N+]c1c(N2CCCN(C)CC2)nc(SC(C(N)=O)c2ccc(C)cn2)c(C#N)c1CC. The van der Waals surface area contributed by atoms with Gasteiger partial charge in [0.2, 0.25) is 11.6 Å². The van der Waals surface area contributed by atoms with Crippen LogP contribution in [0.4, 0.5) is 11.5 Å². The minimum absolute atomic E-state index is 0.331. The molecule has 2 aromatic heterocycles. The summed E-state index contributed by atoms with van der Waals surface area (Å²) < 4.78 is 0. The molecule has 1 atom stereocenters. The van der Waals surface area contributed by atoms with Crippen LogP contribution < -0.4 is 10.6 Å². The van der Waals surface area contributed by atoms with Gasteiger partial charge in [0, 0.05) is 25.8 Å². The first-order valence-electron chi connectivity index (χ1n) is 10.6. The Morgan fingerprint density at radius 1 is 1.38 bits per heavy atom. The van der Waals surface area contributed by atoms with Gasteiger partial charge in [-0.1, -0.05) is 24.8 Å². The zero-order valence-corrected chi connectivity index (χ0v) is 19.4. The summed E-state index contributed by atoms with van der Waals surface area (Å²) in [6.07, 6.45) is 3.15. The molecule has 0 aliphatic carbocycles. The number of nitrogens with two attached hydrogens (primary N) is 1. The summed E-state index contributed by atoms with van der Waals surface area (Å²) in [5.41, 5.74) is 8.61. The van der Waals surface area contributed by atoms with Crippen molar-refractivity contribution < 1.29 is 4.79 Å². The van der Waals surface area contributed by atoms with E-state index in [1.807, 2.05) is 19.9 Å². The molecule has 2 N–H and O–H groups in total. The van der Waals surface area contributed by atoms with Crippen LogP contribution in [-0.4, -0.2) is 54.0 Å². The molecule has 8 nitrogen and oxygen atoms in total. The summed E-state index contributed by atoms with van der Waals surface area (Å²) >= 11 is 1.13. The molecule has 1 amide bonds. The summed E-state index contributed by atoms with van der Waals surface area (Å²) in [5.74, 6) is 0.0241. The molecule has 1 unspecified atom stereocenters. The number of carbonyl (C=O) groups excluding carboxylic acids is 1. The Balaban J connectivity index is 2.11. The van der Waals surface area contributed by atoms with Crippen LogP contribution in [0.5, 0.6) is 0 Å². The Kier molecular flexibility index (Phi) is 7.68. The van der Waals surface area contributed by atoms with Crippen LogP contribution in [0.25, 0.3) is 4.85 Å². The van der Waals surface area contributed by atoms with Crippen molar-refractivity contribution in [2.75, 3.05) is 38.1 Å². The number of thioether (sulfide) groups is 1. The summed E-state index contributed by atoms with van der Waals surface area (Å²) in [6, 6.07) is 5.86. The van der Waals surface area contributed by atoms with E-state index in [2.05, 4.69) is 32.7 Å². The van der Waals surface area contributed by atoms with Crippen LogP contribution in [-0.2, 0) is 11.2 Å². The normalized spacial score (nSPS) is 15.5. The maximum atomic E-state index is 12.3. The van der Waals surface area contributed by atoms with E-state index in [1.54, 1.807) is 12.3 Å². The van der Waals surface area contributed by atoms with Gasteiger partial charge in [-0.3, -0.25) is 9.78 Å². The van der Waals surface area contributed by atoms with E-state index in [4.69, 9.17) is 17.3 Å². The molecule has 3 heterocycles. The highest BCUT2D eigenvalue weighted by Gasteiger charge is 2.28. The van der Waals surface area contributed by atoms with Gasteiger partial charge < -0.3 is 15.5 Å². The molecule has 0 aromatic carbocycles. The van der Waals surface area contributed by atoms with Crippen LogP contribution in [0.15, 0.2) is 23.4 Å². The Morgan fingerprint density at radius 2 is 2.16 bits per heavy atom. The first-order chi connectivity index (χ1) is 15.4. The lowest BCUT2D eigenvalue weighted by Gasteiger charge is -2.26. The molecule has 1 aliphatic rings. The molecule has 2 aromatic rings. The average Bonchev–Trinajstić information content (AvgIpc) is 3.01. The van der Waals surface area contributed by atoms with Gasteiger partial charge in [0.05, 0.1) is 17.8 Å². The highest BCUT2D eigenvalue weighted by molar-refractivity contribution is 8.00. The predicted molar refractivity (Wildman–Crippen MR) is 126 cm³/mol. The summed E-state index contributed by atoms with van der Waals surface area (Å²) in [5, 5.41) is 9.55. The van der Waals surface area contributed by atoms with E-state index in [-0.39, 0.29) is 0 Å². The van der Waals surface area contributed by atoms with Crippen LogP contribution in [0.1, 0.15) is 41.0 Å². The molecule has 1 fully saturated rings. The van der Waals surface area contributed by atoms with Crippen LogP contribution in [0.3, 0.4) is 0 Å². The molecule has 0 radical (unpaired) electrons. The topological polar surface area (TPSA) is 104 Å². The monoisotopic (exact) mass is 449 g/mol. The van der Waals surface area contributed by atoms with Gasteiger partial charge in [0.1, 0.15) is 22.2 Å². The molecule has 166 valence electrons. The zero-order chi connectivity index (χ0) is 23.3. The Labute approximate surface area is 193 Å². The molecule has 1 saturated heterocycles. The summed E-state index contributed by atoms with van der Waals surface area (Å²) in [4.78, 5) is 29.6. The Morgan fingerprint density at radius 3 is 2.75 bits per heavy atom. The average molecular weight is 450 g/mol. The number of aryl methyl sites for hydroxylation is 1. The van der Waals surface area contributed by atoms with Crippen molar-refractivity contribution in [1.82, 2.24) is 14.9 Å². The maximum Gasteiger partial charge on any atom is 0.237 e. The number of nitrogens with zero attached hydrogens (tertiary/aromatic N) is 6.